The van der Waals surface area contributed by atoms with Crippen LogP contribution < -0.4 is 19.5 Å². The monoisotopic (exact) mass is 446 g/mol. The van der Waals surface area contributed by atoms with Crippen LogP contribution in [0.1, 0.15) is 30.0 Å². The Kier molecular flexibility index (Phi) is 8.44. The highest BCUT2D eigenvalue weighted by atomic mass is 19.3. The summed E-state index contributed by atoms with van der Waals surface area (Å²) >= 11 is 0. The van der Waals surface area contributed by atoms with Gasteiger partial charge in [0.2, 0.25) is 5.91 Å². The van der Waals surface area contributed by atoms with Gasteiger partial charge < -0.3 is 19.5 Å². The summed E-state index contributed by atoms with van der Waals surface area (Å²) in [6, 6.07) is 12.5. The third-order valence-electron chi connectivity index (χ3n) is 5.40. The summed E-state index contributed by atoms with van der Waals surface area (Å²) in [4.78, 5) is 14.9. The van der Waals surface area contributed by atoms with Crippen molar-refractivity contribution in [1.29, 1.82) is 0 Å². The number of likely N-dealkylation sites (tertiary alicyclic amines) is 1. The van der Waals surface area contributed by atoms with Gasteiger partial charge in [-0.3, -0.25) is 9.69 Å². The zero-order valence-corrected chi connectivity index (χ0v) is 18.2. The van der Waals surface area contributed by atoms with Crippen molar-refractivity contribution >= 4 is 12.0 Å². The van der Waals surface area contributed by atoms with Crippen molar-refractivity contribution < 1.29 is 27.8 Å². The van der Waals surface area contributed by atoms with Crippen LogP contribution in [0.4, 0.5) is 8.78 Å². The first kappa shape index (κ1) is 23.5. The summed E-state index contributed by atoms with van der Waals surface area (Å²) in [7, 11) is 3.00. The third-order valence-corrected chi connectivity index (χ3v) is 5.40. The van der Waals surface area contributed by atoms with Crippen LogP contribution in [0.3, 0.4) is 0 Å². The van der Waals surface area contributed by atoms with E-state index in [1.807, 2.05) is 24.3 Å². The molecule has 1 heterocycles. The molecule has 0 radical (unpaired) electrons. The molecule has 1 fully saturated rings. The van der Waals surface area contributed by atoms with Gasteiger partial charge in [0, 0.05) is 23.7 Å². The molecular weight excluding hydrogens is 418 g/mol. The number of benzene rings is 2. The fourth-order valence-corrected chi connectivity index (χ4v) is 3.89. The first-order chi connectivity index (χ1) is 15.5. The van der Waals surface area contributed by atoms with E-state index < -0.39 is 6.61 Å². The van der Waals surface area contributed by atoms with Crippen molar-refractivity contribution in [2.45, 2.75) is 25.5 Å². The lowest BCUT2D eigenvalue weighted by molar-refractivity contribution is -0.116. The zero-order chi connectivity index (χ0) is 22.9. The molecule has 0 aliphatic carbocycles. The summed E-state index contributed by atoms with van der Waals surface area (Å²) in [5.41, 5.74) is 1.34. The Bertz CT molecular complexity index is 930. The van der Waals surface area contributed by atoms with Gasteiger partial charge in [0.05, 0.1) is 20.3 Å². The molecule has 172 valence electrons. The SMILES string of the molecule is COc1ccccc1C(CNC(=O)C=Cc1cccc(OC)c1OC(F)F)N1CCCC1. The van der Waals surface area contributed by atoms with Gasteiger partial charge in [-0.1, -0.05) is 30.3 Å². The van der Waals surface area contributed by atoms with Gasteiger partial charge in [-0.15, -0.1) is 0 Å². The molecule has 0 aromatic heterocycles. The van der Waals surface area contributed by atoms with E-state index in [4.69, 9.17) is 9.47 Å². The van der Waals surface area contributed by atoms with Crippen LogP contribution in [0.15, 0.2) is 48.5 Å². The number of methoxy groups -OCH3 is 2. The molecule has 1 N–H and O–H groups in total. The lowest BCUT2D eigenvalue weighted by Gasteiger charge is -2.29. The summed E-state index contributed by atoms with van der Waals surface area (Å²) in [6.45, 7) is -0.712. The first-order valence-electron chi connectivity index (χ1n) is 10.5. The fourth-order valence-electron chi connectivity index (χ4n) is 3.89. The van der Waals surface area contributed by atoms with E-state index in [1.54, 1.807) is 19.2 Å². The summed E-state index contributed by atoms with van der Waals surface area (Å²) in [5.74, 6) is 0.491. The van der Waals surface area contributed by atoms with E-state index in [0.717, 1.165) is 37.2 Å². The smallest absolute Gasteiger partial charge is 0.387 e. The van der Waals surface area contributed by atoms with Gasteiger partial charge in [0.15, 0.2) is 11.5 Å². The van der Waals surface area contributed by atoms with Crippen molar-refractivity contribution in [2.24, 2.45) is 0 Å². The molecule has 1 aliphatic heterocycles. The Morgan fingerprint density at radius 1 is 1.06 bits per heavy atom. The van der Waals surface area contributed by atoms with Crippen molar-refractivity contribution in [3.05, 3.63) is 59.7 Å². The normalized spacial score (nSPS) is 15.2. The van der Waals surface area contributed by atoms with Gasteiger partial charge >= 0.3 is 6.61 Å². The highest BCUT2D eigenvalue weighted by Gasteiger charge is 2.26. The Balaban J connectivity index is 1.73. The molecule has 0 spiro atoms. The second kappa shape index (κ2) is 11.5. The highest BCUT2D eigenvalue weighted by molar-refractivity contribution is 5.92. The molecule has 0 saturated carbocycles. The van der Waals surface area contributed by atoms with Crippen molar-refractivity contribution in [1.82, 2.24) is 10.2 Å². The van der Waals surface area contributed by atoms with Crippen molar-refractivity contribution in [2.75, 3.05) is 33.9 Å². The number of hydrogen-bond acceptors (Lipinski definition) is 5. The Hall–Kier alpha value is -3.13. The van der Waals surface area contributed by atoms with Crippen LogP contribution >= 0.6 is 0 Å². The minimum atomic E-state index is -3.01. The molecular formula is C24H28F2N2O4. The standard InChI is InChI=1S/C24H28F2N2O4/c1-30-20-10-4-3-9-18(20)19(28-14-5-6-15-28)16-27-22(29)13-12-17-8-7-11-21(31-2)23(17)32-24(25)26/h3-4,7-13,19,24H,5-6,14-16H2,1-2H3,(H,27,29). The molecule has 1 aliphatic rings. The number of nitrogens with one attached hydrogen (secondary N) is 1. The van der Waals surface area contributed by atoms with Crippen LogP contribution in [0, 0.1) is 0 Å². The minimum Gasteiger partial charge on any atom is -0.496 e. The quantitative estimate of drug-likeness (QED) is 0.553. The number of hydrogen-bond donors (Lipinski definition) is 1. The van der Waals surface area contributed by atoms with Gasteiger partial charge in [-0.05, 0) is 44.1 Å². The molecule has 32 heavy (non-hydrogen) atoms. The van der Waals surface area contributed by atoms with E-state index in [0.29, 0.717) is 12.1 Å². The van der Waals surface area contributed by atoms with Crippen LogP contribution in [-0.2, 0) is 4.79 Å². The Morgan fingerprint density at radius 2 is 1.75 bits per heavy atom. The molecule has 1 unspecified atom stereocenters. The number of rotatable bonds is 10. The maximum Gasteiger partial charge on any atom is 0.387 e. The van der Waals surface area contributed by atoms with Crippen LogP contribution in [0.5, 0.6) is 17.2 Å². The number of halogens is 2. The maximum absolute atomic E-state index is 12.8. The van der Waals surface area contributed by atoms with Gasteiger partial charge in [-0.25, -0.2) is 0 Å². The molecule has 6 nitrogen and oxygen atoms in total. The third kappa shape index (κ3) is 5.97. The number of nitrogens with zero attached hydrogens (tertiary/aromatic N) is 1. The van der Waals surface area contributed by atoms with E-state index >= 15 is 0 Å². The summed E-state index contributed by atoms with van der Waals surface area (Å²) in [6.07, 6.45) is 4.96. The van der Waals surface area contributed by atoms with E-state index in [-0.39, 0.29) is 23.4 Å². The Morgan fingerprint density at radius 3 is 2.44 bits per heavy atom. The topological polar surface area (TPSA) is 60.0 Å². The van der Waals surface area contributed by atoms with Crippen LogP contribution in [-0.4, -0.2) is 51.3 Å². The summed E-state index contributed by atoms with van der Waals surface area (Å²) < 4.78 is 40.8. The van der Waals surface area contributed by atoms with Crippen LogP contribution in [0.2, 0.25) is 0 Å². The summed E-state index contributed by atoms with van der Waals surface area (Å²) in [5, 5.41) is 2.93. The number of carbonyl (C=O) groups is 1. The fraction of sp³-hybridized carbons (Fsp3) is 0.375. The zero-order valence-electron chi connectivity index (χ0n) is 18.2. The van der Waals surface area contributed by atoms with Gasteiger partial charge in [0.25, 0.3) is 0 Å². The number of para-hydroxylation sites is 2. The minimum absolute atomic E-state index is 0.0273. The molecule has 1 atom stereocenters. The predicted octanol–water partition coefficient (Wildman–Crippen LogP) is 4.27. The first-order valence-corrected chi connectivity index (χ1v) is 10.5. The van der Waals surface area contributed by atoms with Crippen LogP contribution in [0.25, 0.3) is 6.08 Å². The average Bonchev–Trinajstić information content (AvgIpc) is 3.33. The molecule has 2 aromatic carbocycles. The molecule has 8 heteroatoms. The molecule has 3 rings (SSSR count). The average molecular weight is 446 g/mol. The van der Waals surface area contributed by atoms with E-state index in [2.05, 4.69) is 15.0 Å². The number of alkyl halides is 2. The van der Waals surface area contributed by atoms with Gasteiger partial charge in [0.1, 0.15) is 5.75 Å². The molecule has 1 saturated heterocycles. The maximum atomic E-state index is 12.8. The molecule has 0 bridgehead atoms. The number of amides is 1. The van der Waals surface area contributed by atoms with E-state index in [1.165, 1.54) is 25.3 Å². The van der Waals surface area contributed by atoms with Crippen molar-refractivity contribution in [3.63, 3.8) is 0 Å². The second-order valence-electron chi connectivity index (χ2n) is 7.34. The highest BCUT2D eigenvalue weighted by Crippen LogP contribution is 2.33. The second-order valence-corrected chi connectivity index (χ2v) is 7.34. The van der Waals surface area contributed by atoms with E-state index in [9.17, 15) is 13.6 Å². The number of ether oxygens (including phenoxy) is 3. The van der Waals surface area contributed by atoms with Gasteiger partial charge in [-0.2, -0.15) is 8.78 Å². The molecule has 2 aromatic rings. The largest absolute Gasteiger partial charge is 0.496 e. The number of carbonyl (C=O) groups excluding carboxylic acids is 1. The lowest BCUT2D eigenvalue weighted by Crippen LogP contribution is -2.36. The Labute approximate surface area is 186 Å². The van der Waals surface area contributed by atoms with Crippen molar-refractivity contribution in [3.8, 4) is 17.2 Å². The molecule has 1 amide bonds. The lowest BCUT2D eigenvalue weighted by atomic mass is 10.0. The predicted molar refractivity (Wildman–Crippen MR) is 118 cm³/mol.